The normalized spacial score (nSPS) is 14.5. The SMILES string of the molecule is CC(C)NC(CP(=O)(O)O)C(=O)O. The van der Waals surface area contributed by atoms with Crippen molar-refractivity contribution in [1.29, 1.82) is 0 Å². The Morgan fingerprint density at radius 1 is 1.46 bits per heavy atom. The van der Waals surface area contributed by atoms with E-state index in [1.165, 1.54) is 0 Å². The van der Waals surface area contributed by atoms with E-state index in [9.17, 15) is 9.36 Å². The summed E-state index contributed by atoms with van der Waals surface area (Å²) in [7, 11) is -4.28. The van der Waals surface area contributed by atoms with Crippen LogP contribution in [0.2, 0.25) is 0 Å². The van der Waals surface area contributed by atoms with Gasteiger partial charge in [-0.1, -0.05) is 13.8 Å². The third-order valence-electron chi connectivity index (χ3n) is 1.25. The third kappa shape index (κ3) is 6.72. The average molecular weight is 211 g/mol. The van der Waals surface area contributed by atoms with Crippen LogP contribution in [0.3, 0.4) is 0 Å². The Morgan fingerprint density at radius 3 is 2.15 bits per heavy atom. The van der Waals surface area contributed by atoms with Gasteiger partial charge in [0.1, 0.15) is 6.04 Å². The van der Waals surface area contributed by atoms with Crippen LogP contribution in [0.15, 0.2) is 0 Å². The number of hydrogen-bond acceptors (Lipinski definition) is 3. The molecule has 0 bridgehead atoms. The number of carboxylic acids is 1. The summed E-state index contributed by atoms with van der Waals surface area (Å²) < 4.78 is 10.5. The van der Waals surface area contributed by atoms with Gasteiger partial charge >= 0.3 is 13.6 Å². The highest BCUT2D eigenvalue weighted by Gasteiger charge is 2.27. The van der Waals surface area contributed by atoms with Gasteiger partial charge in [-0.25, -0.2) is 0 Å². The number of rotatable bonds is 5. The van der Waals surface area contributed by atoms with Crippen LogP contribution in [0.1, 0.15) is 13.8 Å². The zero-order valence-corrected chi connectivity index (χ0v) is 8.36. The standard InChI is InChI=1S/C6H14NO5P/c1-4(2)7-5(6(8)9)3-13(10,11)12/h4-5,7H,3H2,1-2H3,(H,8,9)(H2,10,11,12). The molecule has 0 aromatic rings. The minimum atomic E-state index is -4.28. The van der Waals surface area contributed by atoms with Crippen LogP contribution < -0.4 is 5.32 Å². The number of carboxylic acid groups (broad SMARTS) is 1. The van der Waals surface area contributed by atoms with E-state index in [0.717, 1.165) is 0 Å². The second kappa shape index (κ2) is 4.72. The molecular weight excluding hydrogens is 197 g/mol. The largest absolute Gasteiger partial charge is 0.480 e. The van der Waals surface area contributed by atoms with E-state index in [0.29, 0.717) is 0 Å². The number of hydrogen-bond donors (Lipinski definition) is 4. The lowest BCUT2D eigenvalue weighted by Gasteiger charge is -2.17. The van der Waals surface area contributed by atoms with E-state index < -0.39 is 25.8 Å². The number of carbonyl (C=O) groups is 1. The maximum absolute atomic E-state index is 10.5. The first-order chi connectivity index (χ1) is 5.72. The average Bonchev–Trinajstić information content (AvgIpc) is 1.81. The Morgan fingerprint density at radius 2 is 1.92 bits per heavy atom. The zero-order chi connectivity index (χ0) is 10.6. The summed E-state index contributed by atoms with van der Waals surface area (Å²) in [5.41, 5.74) is 0. The van der Waals surface area contributed by atoms with Gasteiger partial charge in [-0.3, -0.25) is 9.36 Å². The lowest BCUT2D eigenvalue weighted by atomic mass is 10.3. The lowest BCUT2D eigenvalue weighted by molar-refractivity contribution is -0.139. The van der Waals surface area contributed by atoms with Crippen LogP contribution in [0.4, 0.5) is 0 Å². The fraction of sp³-hybridized carbons (Fsp3) is 0.833. The van der Waals surface area contributed by atoms with Crippen molar-refractivity contribution in [3.63, 3.8) is 0 Å². The molecule has 0 rings (SSSR count). The molecular formula is C6H14NO5P. The maximum atomic E-state index is 10.5. The second-order valence-corrected chi connectivity index (χ2v) is 4.75. The van der Waals surface area contributed by atoms with Gasteiger partial charge in [0.05, 0.1) is 6.16 Å². The van der Waals surface area contributed by atoms with Crippen molar-refractivity contribution >= 4 is 13.6 Å². The summed E-state index contributed by atoms with van der Waals surface area (Å²) >= 11 is 0. The molecule has 13 heavy (non-hydrogen) atoms. The highest BCUT2D eigenvalue weighted by molar-refractivity contribution is 7.51. The number of nitrogens with one attached hydrogen (secondary N) is 1. The van der Waals surface area contributed by atoms with Crippen molar-refractivity contribution < 1.29 is 24.3 Å². The minimum Gasteiger partial charge on any atom is -0.480 e. The summed E-state index contributed by atoms with van der Waals surface area (Å²) in [5, 5.41) is 11.1. The minimum absolute atomic E-state index is 0.132. The van der Waals surface area contributed by atoms with E-state index >= 15 is 0 Å². The molecule has 0 aromatic heterocycles. The Hall–Kier alpha value is -0.420. The zero-order valence-electron chi connectivity index (χ0n) is 7.47. The van der Waals surface area contributed by atoms with Crippen molar-refractivity contribution in [2.45, 2.75) is 25.9 Å². The van der Waals surface area contributed by atoms with E-state index in [1.807, 2.05) is 0 Å². The summed E-state index contributed by atoms with van der Waals surface area (Å²) in [6, 6.07) is -1.33. The second-order valence-electron chi connectivity index (χ2n) is 3.06. The predicted molar refractivity (Wildman–Crippen MR) is 46.6 cm³/mol. The molecule has 0 aliphatic carbocycles. The molecule has 1 unspecified atom stereocenters. The van der Waals surface area contributed by atoms with Crippen molar-refractivity contribution in [3.05, 3.63) is 0 Å². The molecule has 0 saturated carbocycles. The van der Waals surface area contributed by atoms with Gasteiger partial charge in [0.25, 0.3) is 0 Å². The fourth-order valence-electron chi connectivity index (χ4n) is 0.842. The Bertz CT molecular complexity index is 223. The Labute approximate surface area is 76.1 Å². The van der Waals surface area contributed by atoms with Gasteiger partial charge in [-0.15, -0.1) is 0 Å². The fourth-order valence-corrected chi connectivity index (χ4v) is 1.58. The topological polar surface area (TPSA) is 107 Å². The molecule has 0 spiro atoms. The van der Waals surface area contributed by atoms with Crippen molar-refractivity contribution in [1.82, 2.24) is 5.32 Å². The highest BCUT2D eigenvalue weighted by Crippen LogP contribution is 2.34. The first-order valence-electron chi connectivity index (χ1n) is 3.76. The van der Waals surface area contributed by atoms with Crippen LogP contribution in [0, 0.1) is 0 Å². The van der Waals surface area contributed by atoms with E-state index in [1.54, 1.807) is 13.8 Å². The summed E-state index contributed by atoms with van der Waals surface area (Å²) in [5.74, 6) is -1.25. The van der Waals surface area contributed by atoms with Gasteiger partial charge in [0.15, 0.2) is 0 Å². The molecule has 0 amide bonds. The monoisotopic (exact) mass is 211 g/mol. The van der Waals surface area contributed by atoms with Crippen molar-refractivity contribution in [2.75, 3.05) is 6.16 Å². The Balaban J connectivity index is 4.28. The lowest BCUT2D eigenvalue weighted by Crippen LogP contribution is -2.43. The van der Waals surface area contributed by atoms with Crippen LogP contribution in [-0.2, 0) is 9.36 Å². The van der Waals surface area contributed by atoms with E-state index in [4.69, 9.17) is 14.9 Å². The molecule has 0 aliphatic rings. The van der Waals surface area contributed by atoms with Crippen molar-refractivity contribution in [2.24, 2.45) is 0 Å². The highest BCUT2D eigenvalue weighted by atomic mass is 31.2. The summed E-state index contributed by atoms with van der Waals surface area (Å²) in [4.78, 5) is 27.6. The van der Waals surface area contributed by atoms with Gasteiger partial charge in [0.2, 0.25) is 0 Å². The molecule has 78 valence electrons. The third-order valence-corrected chi connectivity index (χ3v) is 2.09. The van der Waals surface area contributed by atoms with Gasteiger partial charge in [-0.2, -0.15) is 0 Å². The Kier molecular flexibility index (Phi) is 4.56. The number of aliphatic carboxylic acids is 1. The van der Waals surface area contributed by atoms with Gasteiger partial charge in [-0.05, 0) is 0 Å². The molecule has 6 nitrogen and oxygen atoms in total. The molecule has 1 atom stereocenters. The maximum Gasteiger partial charge on any atom is 0.327 e. The van der Waals surface area contributed by atoms with Crippen LogP contribution in [0.25, 0.3) is 0 Å². The molecule has 0 heterocycles. The first-order valence-corrected chi connectivity index (χ1v) is 5.55. The summed E-state index contributed by atoms with van der Waals surface area (Å²) in [6.45, 7) is 3.41. The molecule has 0 saturated heterocycles. The van der Waals surface area contributed by atoms with Gasteiger partial charge < -0.3 is 20.2 Å². The van der Waals surface area contributed by atoms with E-state index in [-0.39, 0.29) is 6.04 Å². The van der Waals surface area contributed by atoms with Crippen LogP contribution in [-0.4, -0.2) is 39.1 Å². The molecule has 0 aliphatic heterocycles. The quantitative estimate of drug-likeness (QED) is 0.461. The van der Waals surface area contributed by atoms with Crippen molar-refractivity contribution in [3.8, 4) is 0 Å². The van der Waals surface area contributed by atoms with Crippen LogP contribution in [0.5, 0.6) is 0 Å². The molecule has 7 heteroatoms. The van der Waals surface area contributed by atoms with Crippen LogP contribution >= 0.6 is 7.60 Å². The molecule has 4 N–H and O–H groups in total. The van der Waals surface area contributed by atoms with Gasteiger partial charge in [0, 0.05) is 6.04 Å². The molecule has 0 fully saturated rings. The summed E-state index contributed by atoms with van der Waals surface area (Å²) in [6.07, 6.45) is -0.680. The first kappa shape index (κ1) is 12.6. The molecule has 0 radical (unpaired) electrons. The molecule has 0 aromatic carbocycles. The smallest absolute Gasteiger partial charge is 0.327 e. The predicted octanol–water partition coefficient (Wildman–Crippen LogP) is -0.385. The van der Waals surface area contributed by atoms with E-state index in [2.05, 4.69) is 5.32 Å².